The fourth-order valence-electron chi connectivity index (χ4n) is 5.67. The maximum Gasteiger partial charge on any atom is 0.333 e. The van der Waals surface area contributed by atoms with Gasteiger partial charge in [0.2, 0.25) is 0 Å². The highest BCUT2D eigenvalue weighted by Gasteiger charge is 2.38. The predicted octanol–water partition coefficient (Wildman–Crippen LogP) is 3.70. The maximum absolute atomic E-state index is 14.0. The van der Waals surface area contributed by atoms with Gasteiger partial charge in [0.15, 0.2) is 0 Å². The number of para-hydroxylation sites is 1. The van der Waals surface area contributed by atoms with Gasteiger partial charge in [-0.05, 0) is 58.1 Å². The topological polar surface area (TPSA) is 133 Å². The van der Waals surface area contributed by atoms with Crippen LogP contribution in [-0.4, -0.2) is 45.6 Å². The van der Waals surface area contributed by atoms with Gasteiger partial charge < -0.3 is 19.3 Å². The Morgan fingerprint density at radius 3 is 2.54 bits per heavy atom. The Balaban J connectivity index is 1.70. The van der Waals surface area contributed by atoms with Gasteiger partial charge in [-0.3, -0.25) is 9.36 Å². The number of thiophene rings is 1. The normalized spacial score (nSPS) is 21.6. The Bertz CT molecular complexity index is 1580. The summed E-state index contributed by atoms with van der Waals surface area (Å²) in [6.45, 7) is 4.25. The number of nitriles is 1. The van der Waals surface area contributed by atoms with E-state index in [0.29, 0.717) is 16.1 Å². The summed E-state index contributed by atoms with van der Waals surface area (Å²) < 4.78 is 20.5. The minimum absolute atomic E-state index is 0.0107. The summed E-state index contributed by atoms with van der Waals surface area (Å²) in [5.74, 6) is -0.739. The molecule has 5 rings (SSSR count). The molecule has 206 valence electrons. The third-order valence-corrected chi connectivity index (χ3v) is 9.05. The molecule has 1 aromatic carbocycles. The number of rotatable bonds is 8. The largest absolute Gasteiger partial charge is 0.496 e. The molecule has 10 nitrogen and oxygen atoms in total. The zero-order chi connectivity index (χ0) is 28.1. The lowest BCUT2D eigenvalue weighted by Crippen LogP contribution is -2.52. The van der Waals surface area contributed by atoms with E-state index in [2.05, 4.69) is 6.07 Å². The van der Waals surface area contributed by atoms with Crippen molar-refractivity contribution >= 4 is 27.5 Å². The number of nitrogens with zero attached hydrogens (tertiary/aromatic N) is 3. The molecule has 2 saturated heterocycles. The van der Waals surface area contributed by atoms with Crippen molar-refractivity contribution in [1.29, 1.82) is 5.26 Å². The molecule has 0 spiro atoms. The number of carbonyl (C=O) groups is 1. The van der Waals surface area contributed by atoms with Crippen LogP contribution >= 0.6 is 11.3 Å². The van der Waals surface area contributed by atoms with E-state index >= 15 is 0 Å². The number of fused-ring (bicyclic) bond motifs is 3. The van der Waals surface area contributed by atoms with Crippen LogP contribution in [-0.2, 0) is 26.4 Å². The van der Waals surface area contributed by atoms with E-state index in [4.69, 9.17) is 14.2 Å². The Labute approximate surface area is 229 Å². The first-order chi connectivity index (χ1) is 18.6. The minimum Gasteiger partial charge on any atom is -0.496 e. The average Bonchev–Trinajstić information content (AvgIpc) is 3.43. The first-order valence-electron chi connectivity index (χ1n) is 12.9. The first kappa shape index (κ1) is 27.1. The molecule has 2 aliphatic heterocycles. The number of benzene rings is 1. The zero-order valence-electron chi connectivity index (χ0n) is 22.3. The molecular weight excluding hydrogens is 522 g/mol. The van der Waals surface area contributed by atoms with E-state index in [9.17, 15) is 24.8 Å². The zero-order valence-corrected chi connectivity index (χ0v) is 23.1. The van der Waals surface area contributed by atoms with Gasteiger partial charge in [0.1, 0.15) is 33.2 Å². The molecule has 2 aromatic heterocycles. The monoisotopic (exact) mass is 553 g/mol. The standard InChI is InChI=1S/C28H31N3O7S/c1-15-22(13-29)39-25-23(15)24(32)31(28(2,3)26(33)34)27(35)30(25)14-21(19-7-5-6-8-20(19)36-4)38-18-11-16-9-10-17(12-18)37-16/h5-8,16-18,21H,9-12,14H2,1-4H3,(H,33,34)/t16-,17-,21+/m1/s1. The van der Waals surface area contributed by atoms with Gasteiger partial charge in [0.05, 0.1) is 37.4 Å². The number of hydrogen-bond donors (Lipinski definition) is 1. The summed E-state index contributed by atoms with van der Waals surface area (Å²) in [6, 6.07) is 9.49. The Morgan fingerprint density at radius 2 is 1.92 bits per heavy atom. The van der Waals surface area contributed by atoms with Crippen LogP contribution in [0.5, 0.6) is 5.75 Å². The van der Waals surface area contributed by atoms with Gasteiger partial charge in [0.25, 0.3) is 5.56 Å². The summed E-state index contributed by atoms with van der Waals surface area (Å²) in [7, 11) is 1.56. The van der Waals surface area contributed by atoms with E-state index in [-0.39, 0.29) is 35.1 Å². The van der Waals surface area contributed by atoms with Crippen molar-refractivity contribution in [2.75, 3.05) is 7.11 Å². The number of ether oxygens (including phenoxy) is 3. The average molecular weight is 554 g/mol. The van der Waals surface area contributed by atoms with Crippen molar-refractivity contribution in [3.8, 4) is 11.8 Å². The number of aromatic nitrogens is 2. The van der Waals surface area contributed by atoms with E-state index in [1.807, 2.05) is 24.3 Å². The summed E-state index contributed by atoms with van der Waals surface area (Å²) in [5.41, 5.74) is -2.19. The number of aryl methyl sites for hydroxylation is 1. The molecule has 3 atom stereocenters. The number of aliphatic carboxylic acids is 1. The number of hydrogen-bond acceptors (Lipinski definition) is 8. The highest BCUT2D eigenvalue weighted by atomic mass is 32.1. The van der Waals surface area contributed by atoms with Gasteiger partial charge >= 0.3 is 11.7 Å². The maximum atomic E-state index is 14.0. The second-order valence-electron chi connectivity index (χ2n) is 10.7. The molecular formula is C28H31N3O7S. The fraction of sp³-hybridized carbons (Fsp3) is 0.500. The van der Waals surface area contributed by atoms with Gasteiger partial charge in [-0.25, -0.2) is 14.2 Å². The fourth-order valence-corrected chi connectivity index (χ4v) is 6.77. The summed E-state index contributed by atoms with van der Waals surface area (Å²) in [5, 5.41) is 19.8. The molecule has 2 fully saturated rings. The SMILES string of the molecule is COc1ccccc1[C@H](Cn1c(=O)n(C(C)(C)C(=O)O)c(=O)c2c(C)c(C#N)sc21)OC1C[C@H]2CC[C@H](C1)O2. The molecule has 11 heteroatoms. The summed E-state index contributed by atoms with van der Waals surface area (Å²) >= 11 is 1.04. The van der Waals surface area contributed by atoms with Crippen LogP contribution in [0.2, 0.25) is 0 Å². The Kier molecular flexibility index (Phi) is 7.13. The molecule has 4 heterocycles. The summed E-state index contributed by atoms with van der Waals surface area (Å²) in [6.07, 6.45) is 2.95. The number of carboxylic acid groups (broad SMARTS) is 1. The second-order valence-corrected chi connectivity index (χ2v) is 11.7. The first-order valence-corrected chi connectivity index (χ1v) is 13.7. The quantitative estimate of drug-likeness (QED) is 0.447. The molecule has 0 unspecified atom stereocenters. The molecule has 0 radical (unpaired) electrons. The summed E-state index contributed by atoms with van der Waals surface area (Å²) in [4.78, 5) is 40.3. The van der Waals surface area contributed by atoms with Crippen LogP contribution < -0.4 is 16.0 Å². The van der Waals surface area contributed by atoms with Crippen molar-refractivity contribution in [1.82, 2.24) is 9.13 Å². The second kappa shape index (κ2) is 10.3. The van der Waals surface area contributed by atoms with E-state index < -0.39 is 28.9 Å². The van der Waals surface area contributed by atoms with E-state index in [0.717, 1.165) is 47.2 Å². The molecule has 1 N–H and O–H groups in total. The van der Waals surface area contributed by atoms with Crippen LogP contribution in [0.4, 0.5) is 0 Å². The smallest absolute Gasteiger partial charge is 0.333 e. The van der Waals surface area contributed by atoms with E-state index in [1.165, 1.54) is 18.4 Å². The molecule has 39 heavy (non-hydrogen) atoms. The van der Waals surface area contributed by atoms with Gasteiger partial charge in [-0.2, -0.15) is 5.26 Å². The minimum atomic E-state index is -1.83. The number of carboxylic acids is 1. The molecule has 0 aliphatic carbocycles. The lowest BCUT2D eigenvalue weighted by Gasteiger charge is -2.32. The van der Waals surface area contributed by atoms with Crippen molar-refractivity contribution in [2.24, 2.45) is 0 Å². The van der Waals surface area contributed by atoms with Crippen LogP contribution in [0.3, 0.4) is 0 Å². The van der Waals surface area contributed by atoms with Crippen molar-refractivity contribution in [3.63, 3.8) is 0 Å². The van der Waals surface area contributed by atoms with Crippen LogP contribution in [0, 0.1) is 18.3 Å². The van der Waals surface area contributed by atoms with Crippen molar-refractivity contribution in [2.45, 2.75) is 83.0 Å². The third kappa shape index (κ3) is 4.67. The van der Waals surface area contributed by atoms with Gasteiger partial charge in [-0.1, -0.05) is 18.2 Å². The van der Waals surface area contributed by atoms with E-state index in [1.54, 1.807) is 14.0 Å². The highest BCUT2D eigenvalue weighted by Crippen LogP contribution is 2.38. The van der Waals surface area contributed by atoms with Crippen LogP contribution in [0.15, 0.2) is 33.9 Å². The molecule has 2 bridgehead atoms. The van der Waals surface area contributed by atoms with Gasteiger partial charge in [-0.15, -0.1) is 11.3 Å². The highest BCUT2D eigenvalue weighted by molar-refractivity contribution is 7.19. The van der Waals surface area contributed by atoms with Crippen LogP contribution in [0.25, 0.3) is 10.2 Å². The Hall–Kier alpha value is -3.46. The van der Waals surface area contributed by atoms with Gasteiger partial charge in [0, 0.05) is 5.56 Å². The lowest BCUT2D eigenvalue weighted by atomic mass is 10.0. The number of methoxy groups -OCH3 is 1. The van der Waals surface area contributed by atoms with Crippen LogP contribution in [0.1, 0.15) is 61.6 Å². The molecule has 0 amide bonds. The Morgan fingerprint density at radius 1 is 1.26 bits per heavy atom. The molecule has 0 saturated carbocycles. The van der Waals surface area contributed by atoms with Crippen molar-refractivity contribution in [3.05, 3.63) is 61.1 Å². The predicted molar refractivity (Wildman–Crippen MR) is 144 cm³/mol. The third-order valence-electron chi connectivity index (χ3n) is 7.83. The lowest BCUT2D eigenvalue weighted by molar-refractivity contribution is -0.146. The molecule has 3 aromatic rings. The molecule has 2 aliphatic rings. The van der Waals surface area contributed by atoms with Crippen molar-refractivity contribution < 1.29 is 24.1 Å².